The van der Waals surface area contributed by atoms with Crippen LogP contribution in [0.5, 0.6) is 0 Å². The molecule has 2 atom stereocenters. The lowest BCUT2D eigenvalue weighted by Crippen LogP contribution is -2.13. The van der Waals surface area contributed by atoms with Gasteiger partial charge in [-0.1, -0.05) is 35.3 Å². The Balaban J connectivity index is 1.99. The number of benzene rings is 1. The Morgan fingerprint density at radius 2 is 1.71 bits per heavy atom. The molecule has 1 aliphatic rings. The standard InChI is InChI=1S/C15H11Cl2IN2O/c1-8-14(9-2-4-10(18)5-3-9)20-15(21-8)13-11(16)6-19-7-12(13)17/h2-8,14H,1H3. The van der Waals surface area contributed by atoms with Gasteiger partial charge in [-0.25, -0.2) is 4.99 Å². The fourth-order valence-electron chi connectivity index (χ4n) is 2.25. The van der Waals surface area contributed by atoms with E-state index in [1.54, 1.807) is 0 Å². The van der Waals surface area contributed by atoms with Gasteiger partial charge >= 0.3 is 0 Å². The smallest absolute Gasteiger partial charge is 0.220 e. The van der Waals surface area contributed by atoms with Crippen molar-refractivity contribution in [3.8, 4) is 0 Å². The minimum Gasteiger partial charge on any atom is -0.472 e. The Morgan fingerprint density at radius 1 is 1.10 bits per heavy atom. The minimum atomic E-state index is -0.0691. The second-order valence-electron chi connectivity index (χ2n) is 4.73. The second kappa shape index (κ2) is 6.10. The third kappa shape index (κ3) is 3.03. The van der Waals surface area contributed by atoms with Crippen LogP contribution in [0.4, 0.5) is 0 Å². The van der Waals surface area contributed by atoms with Crippen LogP contribution in [0.3, 0.4) is 0 Å². The number of halogens is 3. The van der Waals surface area contributed by atoms with E-state index in [1.807, 2.05) is 6.92 Å². The van der Waals surface area contributed by atoms with E-state index in [-0.39, 0.29) is 12.1 Å². The number of pyridine rings is 1. The van der Waals surface area contributed by atoms with E-state index >= 15 is 0 Å². The molecule has 6 heteroatoms. The van der Waals surface area contributed by atoms with Crippen molar-refractivity contribution in [3.05, 3.63) is 61.4 Å². The first-order valence-corrected chi connectivity index (χ1v) is 8.19. The van der Waals surface area contributed by atoms with Crippen LogP contribution < -0.4 is 0 Å². The van der Waals surface area contributed by atoms with E-state index in [2.05, 4.69) is 56.8 Å². The lowest BCUT2D eigenvalue weighted by Gasteiger charge is -2.13. The quantitative estimate of drug-likeness (QED) is 0.632. The van der Waals surface area contributed by atoms with Gasteiger partial charge in [0.25, 0.3) is 0 Å². The molecule has 0 spiro atoms. The summed E-state index contributed by atoms with van der Waals surface area (Å²) >= 11 is 14.6. The van der Waals surface area contributed by atoms with Crippen LogP contribution in [0, 0.1) is 3.57 Å². The van der Waals surface area contributed by atoms with Crippen molar-refractivity contribution in [2.75, 3.05) is 0 Å². The molecule has 2 aromatic rings. The summed E-state index contributed by atoms with van der Waals surface area (Å²) in [7, 11) is 0. The number of rotatable bonds is 2. The van der Waals surface area contributed by atoms with Gasteiger partial charge in [-0.2, -0.15) is 0 Å². The Kier molecular flexibility index (Phi) is 4.38. The highest BCUT2D eigenvalue weighted by molar-refractivity contribution is 14.1. The molecular formula is C15H11Cl2IN2O. The van der Waals surface area contributed by atoms with Gasteiger partial charge in [0.15, 0.2) is 0 Å². The van der Waals surface area contributed by atoms with E-state index in [0.717, 1.165) is 5.56 Å². The maximum Gasteiger partial charge on any atom is 0.220 e. The van der Waals surface area contributed by atoms with Crippen molar-refractivity contribution in [1.82, 2.24) is 4.98 Å². The highest BCUT2D eigenvalue weighted by Crippen LogP contribution is 2.34. The molecule has 3 nitrogen and oxygen atoms in total. The van der Waals surface area contributed by atoms with Gasteiger partial charge in [0.1, 0.15) is 12.1 Å². The summed E-state index contributed by atoms with van der Waals surface area (Å²) in [5.74, 6) is 0.475. The fraction of sp³-hybridized carbons (Fsp3) is 0.200. The van der Waals surface area contributed by atoms with Crippen molar-refractivity contribution in [3.63, 3.8) is 0 Å². The van der Waals surface area contributed by atoms with Crippen LogP contribution in [0.1, 0.15) is 24.1 Å². The zero-order valence-corrected chi connectivity index (χ0v) is 14.7. The molecule has 2 unspecified atom stereocenters. The van der Waals surface area contributed by atoms with Gasteiger partial charge in [-0.15, -0.1) is 0 Å². The predicted octanol–water partition coefficient (Wildman–Crippen LogP) is 4.90. The van der Waals surface area contributed by atoms with Crippen LogP contribution in [0.15, 0.2) is 41.7 Å². The molecule has 0 fully saturated rings. The number of ether oxygens (including phenoxy) is 1. The Morgan fingerprint density at radius 3 is 2.33 bits per heavy atom. The van der Waals surface area contributed by atoms with Gasteiger partial charge in [-0.3, -0.25) is 4.98 Å². The molecule has 1 aliphatic heterocycles. The summed E-state index contributed by atoms with van der Waals surface area (Å²) < 4.78 is 7.05. The maximum absolute atomic E-state index is 6.16. The summed E-state index contributed by atoms with van der Waals surface area (Å²) in [5, 5.41) is 0.883. The highest BCUT2D eigenvalue weighted by Gasteiger charge is 2.31. The molecule has 1 aromatic heterocycles. The van der Waals surface area contributed by atoms with Gasteiger partial charge in [0.2, 0.25) is 5.90 Å². The topological polar surface area (TPSA) is 34.5 Å². The molecule has 0 bridgehead atoms. The molecule has 1 aromatic carbocycles. The molecule has 0 saturated carbocycles. The predicted molar refractivity (Wildman–Crippen MR) is 93.2 cm³/mol. The minimum absolute atomic E-state index is 0.0581. The zero-order chi connectivity index (χ0) is 15.0. The Labute approximate surface area is 146 Å². The third-order valence-electron chi connectivity index (χ3n) is 3.28. The summed E-state index contributed by atoms with van der Waals surface area (Å²) in [6, 6.07) is 8.19. The second-order valence-corrected chi connectivity index (χ2v) is 6.79. The first-order chi connectivity index (χ1) is 10.1. The largest absolute Gasteiger partial charge is 0.472 e. The monoisotopic (exact) mass is 432 g/mol. The summed E-state index contributed by atoms with van der Waals surface area (Å²) in [5.41, 5.74) is 1.72. The van der Waals surface area contributed by atoms with E-state index in [1.165, 1.54) is 16.0 Å². The maximum atomic E-state index is 6.16. The summed E-state index contributed by atoms with van der Waals surface area (Å²) in [6.45, 7) is 1.99. The molecule has 0 N–H and O–H groups in total. The first kappa shape index (κ1) is 15.1. The Bertz CT molecular complexity index is 683. The zero-order valence-electron chi connectivity index (χ0n) is 11.1. The Hall–Kier alpha value is -0.850. The number of hydrogen-bond acceptors (Lipinski definition) is 3. The van der Waals surface area contributed by atoms with Gasteiger partial charge in [0, 0.05) is 16.0 Å². The van der Waals surface area contributed by atoms with Crippen molar-refractivity contribution in [2.24, 2.45) is 4.99 Å². The van der Waals surface area contributed by atoms with Crippen LogP contribution in [0.2, 0.25) is 10.0 Å². The first-order valence-electron chi connectivity index (χ1n) is 6.35. The number of aromatic nitrogens is 1. The van der Waals surface area contributed by atoms with Gasteiger partial charge in [-0.05, 0) is 47.2 Å². The summed E-state index contributed by atoms with van der Waals surface area (Å²) in [6.07, 6.45) is 3.01. The van der Waals surface area contributed by atoms with Gasteiger partial charge < -0.3 is 4.74 Å². The lowest BCUT2D eigenvalue weighted by atomic mass is 10.0. The molecule has 21 heavy (non-hydrogen) atoms. The van der Waals surface area contributed by atoms with Crippen LogP contribution in [-0.4, -0.2) is 17.0 Å². The molecule has 108 valence electrons. The van der Waals surface area contributed by atoms with E-state index in [0.29, 0.717) is 21.5 Å². The molecule has 0 amide bonds. The molecule has 0 aliphatic carbocycles. The van der Waals surface area contributed by atoms with Crippen molar-refractivity contribution in [2.45, 2.75) is 19.1 Å². The molecule has 3 rings (SSSR count). The SMILES string of the molecule is CC1OC(c2c(Cl)cncc2Cl)=NC1c1ccc(I)cc1. The van der Waals surface area contributed by atoms with E-state index < -0.39 is 0 Å². The molecule has 2 heterocycles. The fourth-order valence-corrected chi connectivity index (χ4v) is 3.13. The van der Waals surface area contributed by atoms with E-state index in [4.69, 9.17) is 27.9 Å². The van der Waals surface area contributed by atoms with Crippen LogP contribution >= 0.6 is 45.8 Å². The lowest BCUT2D eigenvalue weighted by molar-refractivity contribution is 0.214. The summed E-state index contributed by atoms with van der Waals surface area (Å²) in [4.78, 5) is 8.60. The molecular weight excluding hydrogens is 422 g/mol. The third-order valence-corrected chi connectivity index (χ3v) is 4.57. The number of nitrogens with zero attached hydrogens (tertiary/aromatic N) is 2. The van der Waals surface area contributed by atoms with Crippen molar-refractivity contribution >= 4 is 51.7 Å². The average molecular weight is 433 g/mol. The van der Waals surface area contributed by atoms with Crippen LogP contribution in [0.25, 0.3) is 0 Å². The normalized spacial score (nSPS) is 21.0. The van der Waals surface area contributed by atoms with Crippen molar-refractivity contribution < 1.29 is 4.74 Å². The van der Waals surface area contributed by atoms with Crippen molar-refractivity contribution in [1.29, 1.82) is 0 Å². The molecule has 0 saturated heterocycles. The van der Waals surface area contributed by atoms with E-state index in [9.17, 15) is 0 Å². The number of hydrogen-bond donors (Lipinski definition) is 0. The van der Waals surface area contributed by atoms with Gasteiger partial charge in [0.05, 0.1) is 15.6 Å². The van der Waals surface area contributed by atoms with Crippen LogP contribution in [-0.2, 0) is 4.74 Å². The number of aliphatic imine (C=N–C) groups is 1. The average Bonchev–Trinajstić information content (AvgIpc) is 2.81. The highest BCUT2D eigenvalue weighted by atomic mass is 127. The molecule has 0 radical (unpaired) electrons.